The van der Waals surface area contributed by atoms with Gasteiger partial charge in [0.15, 0.2) is 5.82 Å². The van der Waals surface area contributed by atoms with E-state index in [4.69, 9.17) is 4.74 Å². The van der Waals surface area contributed by atoms with Gasteiger partial charge in [0.25, 0.3) is 0 Å². The Hall–Kier alpha value is -1.06. The Kier molecular flexibility index (Phi) is 6.10. The zero-order valence-corrected chi connectivity index (χ0v) is 15.6. The van der Waals surface area contributed by atoms with Crippen LogP contribution in [0, 0.1) is 0 Å². The first-order chi connectivity index (χ1) is 10.8. The van der Waals surface area contributed by atoms with Crippen LogP contribution in [0.5, 0.6) is 0 Å². The van der Waals surface area contributed by atoms with Gasteiger partial charge in [0, 0.05) is 30.2 Å². The van der Waals surface area contributed by atoms with Crippen LogP contribution in [-0.2, 0) is 22.7 Å². The van der Waals surface area contributed by atoms with E-state index in [2.05, 4.69) is 19.1 Å². The van der Waals surface area contributed by atoms with Crippen molar-refractivity contribution in [2.75, 3.05) is 7.11 Å². The number of hydrogen-bond acceptors (Lipinski definition) is 7. The van der Waals surface area contributed by atoms with Crippen LogP contribution in [-0.4, -0.2) is 30.8 Å². The van der Waals surface area contributed by atoms with E-state index < -0.39 is 11.4 Å². The number of ether oxygens (including phenoxy) is 1. The van der Waals surface area contributed by atoms with Gasteiger partial charge in [-0.1, -0.05) is 0 Å². The number of nitrogens with zero attached hydrogens (tertiary/aromatic N) is 3. The number of rotatable bonds is 6. The zero-order chi connectivity index (χ0) is 17.0. The third-order valence-electron chi connectivity index (χ3n) is 3.02. The Balaban J connectivity index is 2.12. The fourth-order valence-corrected chi connectivity index (χ4v) is 3.29. The lowest BCUT2D eigenvalue weighted by atomic mass is 10.2. The van der Waals surface area contributed by atoms with Gasteiger partial charge in [-0.25, -0.2) is 4.98 Å². The molecule has 0 saturated heterocycles. The highest BCUT2D eigenvalue weighted by Crippen LogP contribution is 2.24. The maximum Gasteiger partial charge on any atom is 0.173 e. The quantitative estimate of drug-likeness (QED) is 0.803. The molecule has 2 aromatic rings. The van der Waals surface area contributed by atoms with Gasteiger partial charge in [0.2, 0.25) is 0 Å². The summed E-state index contributed by atoms with van der Waals surface area (Å²) >= 11 is 0.167. The lowest BCUT2D eigenvalue weighted by Crippen LogP contribution is -2.40. The van der Waals surface area contributed by atoms with Crippen LogP contribution >= 0.6 is 11.5 Å². The van der Waals surface area contributed by atoms with E-state index in [1.807, 2.05) is 39.8 Å². The second-order valence-corrected chi connectivity index (χ2v) is 8.93. The molecule has 2 heterocycles. The normalized spacial score (nSPS) is 14.7. The average molecular weight is 355 g/mol. The molecule has 0 saturated carbocycles. The third-order valence-corrected chi connectivity index (χ3v) is 5.60. The Morgan fingerprint density at radius 1 is 1.43 bits per heavy atom. The smallest absolute Gasteiger partial charge is 0.173 e. The van der Waals surface area contributed by atoms with E-state index >= 15 is 0 Å². The van der Waals surface area contributed by atoms with Gasteiger partial charge in [-0.3, -0.25) is 4.98 Å². The van der Waals surface area contributed by atoms with Crippen LogP contribution < -0.4 is 4.72 Å². The summed E-state index contributed by atoms with van der Waals surface area (Å²) in [6.45, 7) is 8.19. The van der Waals surface area contributed by atoms with Gasteiger partial charge in [0.05, 0.1) is 12.3 Å². The van der Waals surface area contributed by atoms with E-state index in [9.17, 15) is 4.55 Å². The first-order valence-corrected chi connectivity index (χ1v) is 9.19. The molecule has 2 rings (SSSR count). The van der Waals surface area contributed by atoms with E-state index in [1.165, 1.54) is 11.5 Å². The molecule has 0 amide bonds. The van der Waals surface area contributed by atoms with Crippen molar-refractivity contribution in [2.45, 2.75) is 45.1 Å². The summed E-state index contributed by atoms with van der Waals surface area (Å²) in [5.74, 6) is 0.653. The highest BCUT2D eigenvalue weighted by molar-refractivity contribution is 7.90. The minimum atomic E-state index is -1.15. The highest BCUT2D eigenvalue weighted by atomic mass is 32.2. The predicted molar refractivity (Wildman–Crippen MR) is 93.3 cm³/mol. The van der Waals surface area contributed by atoms with E-state index in [0.29, 0.717) is 12.4 Å². The van der Waals surface area contributed by atoms with Crippen LogP contribution in [0.2, 0.25) is 0 Å². The van der Waals surface area contributed by atoms with Gasteiger partial charge in [-0.05, 0) is 51.4 Å². The van der Waals surface area contributed by atoms with Crippen molar-refractivity contribution in [3.05, 3.63) is 29.0 Å². The highest BCUT2D eigenvalue weighted by Gasteiger charge is 2.29. The van der Waals surface area contributed by atoms with Crippen molar-refractivity contribution in [1.82, 2.24) is 19.1 Å². The lowest BCUT2D eigenvalue weighted by molar-refractivity contribution is 0.181. The van der Waals surface area contributed by atoms with Gasteiger partial charge in [0.1, 0.15) is 15.8 Å². The number of aromatic nitrogens is 3. The van der Waals surface area contributed by atoms with Gasteiger partial charge >= 0.3 is 0 Å². The van der Waals surface area contributed by atoms with Gasteiger partial charge in [-0.15, -0.1) is 4.72 Å². The zero-order valence-electron chi connectivity index (χ0n) is 14.0. The van der Waals surface area contributed by atoms with Crippen LogP contribution in [0.15, 0.2) is 18.3 Å². The van der Waals surface area contributed by atoms with E-state index in [0.717, 1.165) is 16.3 Å². The molecule has 0 aliphatic heterocycles. The SMILES string of the molecule is COCc1cc(-c2nsc(C(C)N[S+]([O-])C(C)(C)C)n2)ccn1. The second kappa shape index (κ2) is 7.67. The fourth-order valence-electron chi connectivity index (χ4n) is 1.76. The summed E-state index contributed by atoms with van der Waals surface area (Å²) in [6.07, 6.45) is 1.72. The summed E-state index contributed by atoms with van der Waals surface area (Å²) in [6, 6.07) is 3.67. The van der Waals surface area contributed by atoms with Crippen molar-refractivity contribution >= 4 is 22.9 Å². The molecule has 0 aromatic carbocycles. The molecular formula is C15H22N4O2S2. The van der Waals surface area contributed by atoms with Crippen molar-refractivity contribution in [1.29, 1.82) is 0 Å². The molecule has 1 N–H and O–H groups in total. The van der Waals surface area contributed by atoms with Gasteiger partial charge < -0.3 is 9.29 Å². The van der Waals surface area contributed by atoms with E-state index in [1.54, 1.807) is 13.3 Å². The van der Waals surface area contributed by atoms with Crippen molar-refractivity contribution < 1.29 is 9.29 Å². The third kappa shape index (κ3) is 4.95. The van der Waals surface area contributed by atoms with Crippen LogP contribution in [0.1, 0.15) is 44.4 Å². The summed E-state index contributed by atoms with van der Waals surface area (Å²) in [7, 11) is 1.64. The first kappa shape index (κ1) is 18.3. The number of nitrogens with one attached hydrogen (secondary N) is 1. The second-order valence-electron chi connectivity index (χ2n) is 6.15. The molecule has 0 fully saturated rings. The maximum atomic E-state index is 12.2. The lowest BCUT2D eigenvalue weighted by Gasteiger charge is -2.25. The molecule has 126 valence electrons. The summed E-state index contributed by atoms with van der Waals surface area (Å²) in [5, 5.41) is 0.808. The summed E-state index contributed by atoms with van der Waals surface area (Å²) < 4.78 is 24.4. The number of pyridine rings is 1. The number of methoxy groups -OCH3 is 1. The molecule has 23 heavy (non-hydrogen) atoms. The molecule has 0 aliphatic carbocycles. The Bertz CT molecular complexity index is 642. The first-order valence-electron chi connectivity index (χ1n) is 7.27. The van der Waals surface area contributed by atoms with Crippen molar-refractivity contribution in [2.24, 2.45) is 0 Å². The van der Waals surface area contributed by atoms with Gasteiger partial charge in [-0.2, -0.15) is 4.37 Å². The molecule has 8 heteroatoms. The molecular weight excluding hydrogens is 332 g/mol. The topological polar surface area (TPSA) is 83.0 Å². The van der Waals surface area contributed by atoms with Crippen molar-refractivity contribution in [3.63, 3.8) is 0 Å². The Morgan fingerprint density at radius 2 is 2.17 bits per heavy atom. The fraction of sp³-hybridized carbons (Fsp3) is 0.533. The van der Waals surface area contributed by atoms with Crippen LogP contribution in [0.3, 0.4) is 0 Å². The Labute approximate surface area is 144 Å². The molecule has 0 radical (unpaired) electrons. The summed E-state index contributed by atoms with van der Waals surface area (Å²) in [4.78, 5) is 8.79. The molecule has 2 aromatic heterocycles. The molecule has 0 spiro atoms. The number of hydrogen-bond donors (Lipinski definition) is 1. The summed E-state index contributed by atoms with van der Waals surface area (Å²) in [5.41, 5.74) is 1.74. The van der Waals surface area contributed by atoms with Crippen LogP contribution in [0.25, 0.3) is 11.4 Å². The van der Waals surface area contributed by atoms with Crippen molar-refractivity contribution in [3.8, 4) is 11.4 Å². The van der Waals surface area contributed by atoms with E-state index in [-0.39, 0.29) is 10.8 Å². The molecule has 6 nitrogen and oxygen atoms in total. The maximum absolute atomic E-state index is 12.2. The molecule has 0 bridgehead atoms. The average Bonchev–Trinajstić information content (AvgIpc) is 2.97. The predicted octanol–water partition coefficient (Wildman–Crippen LogP) is 2.86. The van der Waals surface area contributed by atoms with Crippen LogP contribution in [0.4, 0.5) is 0 Å². The largest absolute Gasteiger partial charge is 0.598 e. The molecule has 2 unspecified atom stereocenters. The minimum absolute atomic E-state index is 0.124. The standard InChI is InChI=1S/C15H22N4O2S2/c1-10(19-23(20)15(2,3)4)14-17-13(18-22-14)11-6-7-16-12(8-11)9-21-5/h6-8,10,19H,9H2,1-5H3. The molecule has 0 aliphatic rings. The monoisotopic (exact) mass is 354 g/mol. The minimum Gasteiger partial charge on any atom is -0.598 e. The molecule has 2 atom stereocenters. The Morgan fingerprint density at radius 3 is 2.83 bits per heavy atom.